The van der Waals surface area contributed by atoms with Crippen molar-refractivity contribution in [1.29, 1.82) is 0 Å². The number of H-pyrrole nitrogens is 1. The van der Waals surface area contributed by atoms with Gasteiger partial charge in [0, 0.05) is 30.5 Å². The van der Waals surface area contributed by atoms with Gasteiger partial charge in [0.25, 0.3) is 0 Å². The molecule has 7 N–H and O–H groups in total. The van der Waals surface area contributed by atoms with Crippen molar-refractivity contribution >= 4 is 22.9 Å². The molecule has 0 spiro atoms. The number of ether oxygens (including phenoxy) is 1. The number of hydrogen-bond acceptors (Lipinski definition) is 7. The van der Waals surface area contributed by atoms with Crippen molar-refractivity contribution in [2.45, 2.75) is 44.2 Å². The Hall–Kier alpha value is -4.87. The number of benzene rings is 3. The first-order valence-electron chi connectivity index (χ1n) is 16.1. The molecule has 0 unspecified atom stereocenters. The van der Waals surface area contributed by atoms with E-state index in [1.165, 1.54) is 12.1 Å². The lowest BCUT2D eigenvalue weighted by Gasteiger charge is -2.28. The van der Waals surface area contributed by atoms with Gasteiger partial charge in [-0.15, -0.1) is 0 Å². The van der Waals surface area contributed by atoms with Crippen molar-refractivity contribution in [2.24, 2.45) is 11.8 Å². The molecule has 1 aliphatic rings. The van der Waals surface area contributed by atoms with Gasteiger partial charge < -0.3 is 41.0 Å². The molecule has 1 heterocycles. The van der Waals surface area contributed by atoms with Crippen molar-refractivity contribution in [3.63, 3.8) is 0 Å². The summed E-state index contributed by atoms with van der Waals surface area (Å²) in [5.41, 5.74) is 2.22. The Morgan fingerprint density at radius 1 is 0.915 bits per heavy atom. The van der Waals surface area contributed by atoms with Crippen LogP contribution in [0.1, 0.15) is 60.9 Å². The lowest BCUT2D eigenvalue weighted by Crippen LogP contribution is -2.35. The Balaban J connectivity index is 0.996. The summed E-state index contributed by atoms with van der Waals surface area (Å²) in [6.07, 6.45) is 2.16. The molecule has 11 heteroatoms. The minimum Gasteiger partial charge on any atom is -0.506 e. The van der Waals surface area contributed by atoms with E-state index >= 15 is 0 Å². The monoisotopic (exact) mass is 642 g/mol. The highest BCUT2D eigenvalue weighted by Crippen LogP contribution is 2.31. The highest BCUT2D eigenvalue weighted by Gasteiger charge is 2.26. The number of nitrogens with one attached hydrogen (secondary N) is 4. The van der Waals surface area contributed by atoms with Crippen molar-refractivity contribution in [2.75, 3.05) is 26.2 Å². The van der Waals surface area contributed by atoms with Gasteiger partial charge in [0.1, 0.15) is 11.5 Å². The third kappa shape index (κ3) is 9.11. The number of rotatable bonds is 14. The van der Waals surface area contributed by atoms with E-state index < -0.39 is 18.2 Å². The molecule has 3 aromatic carbocycles. The van der Waals surface area contributed by atoms with Gasteiger partial charge in [-0.05, 0) is 85.5 Å². The fourth-order valence-electron chi connectivity index (χ4n) is 6.18. The Labute approximate surface area is 273 Å². The summed E-state index contributed by atoms with van der Waals surface area (Å²) in [5.74, 6) is 1.02. The summed E-state index contributed by atoms with van der Waals surface area (Å²) < 4.78 is 6.13. The average Bonchev–Trinajstić information content (AvgIpc) is 3.08. The summed E-state index contributed by atoms with van der Waals surface area (Å²) in [6, 6.07) is 22.5. The number of carboxylic acid groups (broad SMARTS) is 1. The predicted molar refractivity (Wildman–Crippen MR) is 179 cm³/mol. The molecule has 11 nitrogen and oxygen atoms in total. The zero-order chi connectivity index (χ0) is 33.2. The second-order valence-corrected chi connectivity index (χ2v) is 12.0. The van der Waals surface area contributed by atoms with E-state index in [1.54, 1.807) is 12.1 Å². The average molecular weight is 643 g/mol. The quantitative estimate of drug-likeness (QED) is 0.0978. The number of carbonyl (C=O) groups is 2. The van der Waals surface area contributed by atoms with Gasteiger partial charge in [0.2, 0.25) is 11.5 Å². The maximum absolute atomic E-state index is 12.8. The number of pyridine rings is 1. The molecule has 47 heavy (non-hydrogen) atoms. The summed E-state index contributed by atoms with van der Waals surface area (Å²) >= 11 is 0. The largest absolute Gasteiger partial charge is 0.506 e. The first kappa shape index (κ1) is 33.5. The van der Waals surface area contributed by atoms with Crippen LogP contribution in [0.4, 0.5) is 4.79 Å². The maximum atomic E-state index is 12.8. The highest BCUT2D eigenvalue weighted by atomic mass is 16.5. The smallest absolute Gasteiger partial charge is 0.405 e. The molecule has 0 bridgehead atoms. The minimum absolute atomic E-state index is 0.0210. The normalized spacial score (nSPS) is 17.5. The van der Waals surface area contributed by atoms with E-state index in [0.717, 1.165) is 36.8 Å². The third-order valence-electron chi connectivity index (χ3n) is 8.73. The highest BCUT2D eigenvalue weighted by molar-refractivity contribution is 5.87. The summed E-state index contributed by atoms with van der Waals surface area (Å²) in [5, 5.41) is 39.6. The molecule has 0 saturated heterocycles. The van der Waals surface area contributed by atoms with Crippen LogP contribution < -0.4 is 26.2 Å². The molecule has 248 valence electrons. The van der Waals surface area contributed by atoms with E-state index in [-0.39, 0.29) is 29.7 Å². The lowest BCUT2D eigenvalue weighted by atomic mass is 9.82. The fourth-order valence-corrected chi connectivity index (χ4v) is 6.18. The Bertz CT molecular complexity index is 1700. The molecule has 1 saturated carbocycles. The van der Waals surface area contributed by atoms with Crippen LogP contribution >= 0.6 is 0 Å². The number of amides is 2. The topological polar surface area (TPSA) is 173 Å². The van der Waals surface area contributed by atoms with Crippen molar-refractivity contribution in [1.82, 2.24) is 20.9 Å². The number of fused-ring (bicyclic) bond motifs is 1. The number of aromatic hydroxyl groups is 1. The van der Waals surface area contributed by atoms with E-state index in [0.29, 0.717) is 54.3 Å². The van der Waals surface area contributed by atoms with E-state index in [4.69, 9.17) is 4.74 Å². The van der Waals surface area contributed by atoms with Crippen molar-refractivity contribution in [3.05, 3.63) is 106 Å². The molecule has 4 aromatic rings. The molecular formula is C36H42N4O7. The molecule has 0 radical (unpaired) electrons. The van der Waals surface area contributed by atoms with E-state index in [9.17, 15) is 29.7 Å². The molecule has 1 fully saturated rings. The number of aromatic nitrogens is 1. The second-order valence-electron chi connectivity index (χ2n) is 12.0. The number of aliphatic hydroxyl groups is 1. The molecular weight excluding hydrogens is 600 g/mol. The van der Waals surface area contributed by atoms with Gasteiger partial charge in [0.05, 0.1) is 24.3 Å². The van der Waals surface area contributed by atoms with Crippen LogP contribution in [0, 0.1) is 11.8 Å². The van der Waals surface area contributed by atoms with Crippen molar-refractivity contribution in [3.8, 4) is 11.5 Å². The van der Waals surface area contributed by atoms with Crippen LogP contribution in [-0.4, -0.2) is 58.5 Å². The van der Waals surface area contributed by atoms with Gasteiger partial charge >= 0.3 is 6.09 Å². The first-order valence-corrected chi connectivity index (χ1v) is 16.1. The standard InChI is InChI=1S/C36H42N4O7/c41-30-16-14-28(29-15-17-32(43)39-34(29)30)31(42)21-37-18-5-19-38-35(44)25-12-10-23(11-13-25)22-47-27-9-4-8-26(20-27)33(40-36(45)46)24-6-2-1-3-7-24/h1-4,6-9,14-17,20,23,25,31,33,37,40-42H,5,10-13,18-19,21-22H2,(H,38,44)(H,39,43)(H,45,46)/t23-,25-,31-,33-/m0/s1. The second kappa shape index (κ2) is 16.1. The zero-order valence-corrected chi connectivity index (χ0v) is 26.2. The van der Waals surface area contributed by atoms with E-state index in [2.05, 4.69) is 20.9 Å². The molecule has 2 amide bonds. The number of phenolic OH excluding ortho intramolecular Hbond substituents is 1. The van der Waals surface area contributed by atoms with Crippen molar-refractivity contribution < 1.29 is 29.6 Å². The molecule has 5 rings (SSSR count). The van der Waals surface area contributed by atoms with E-state index in [1.807, 2.05) is 54.6 Å². The number of aliphatic hydroxyl groups excluding tert-OH is 1. The Morgan fingerprint density at radius 2 is 1.68 bits per heavy atom. The maximum Gasteiger partial charge on any atom is 0.405 e. The molecule has 1 aliphatic carbocycles. The summed E-state index contributed by atoms with van der Waals surface area (Å²) in [7, 11) is 0. The summed E-state index contributed by atoms with van der Waals surface area (Å²) in [6.45, 7) is 1.96. The molecule has 1 aromatic heterocycles. The number of hydrogen-bond donors (Lipinski definition) is 7. The van der Waals surface area contributed by atoms with Crippen LogP contribution in [0.25, 0.3) is 10.9 Å². The van der Waals surface area contributed by atoms with Crippen LogP contribution in [0.3, 0.4) is 0 Å². The van der Waals surface area contributed by atoms with Crippen LogP contribution in [0.2, 0.25) is 0 Å². The lowest BCUT2D eigenvalue weighted by molar-refractivity contribution is -0.126. The van der Waals surface area contributed by atoms with Crippen LogP contribution in [0.15, 0.2) is 83.7 Å². The predicted octanol–water partition coefficient (Wildman–Crippen LogP) is 4.61. The number of carbonyl (C=O) groups excluding carboxylic acids is 1. The fraction of sp³-hybridized carbons (Fsp3) is 0.361. The van der Waals surface area contributed by atoms with Gasteiger partial charge in [-0.25, -0.2) is 4.79 Å². The van der Waals surface area contributed by atoms with Gasteiger partial charge in [-0.3, -0.25) is 9.59 Å². The third-order valence-corrected chi connectivity index (χ3v) is 8.73. The number of aromatic amines is 1. The van der Waals surface area contributed by atoms with Gasteiger partial charge in [-0.2, -0.15) is 0 Å². The Kier molecular flexibility index (Phi) is 11.5. The van der Waals surface area contributed by atoms with Gasteiger partial charge in [0.15, 0.2) is 0 Å². The number of phenols is 1. The SMILES string of the molecule is O=C(O)N[C@@H](c1ccccc1)c1cccc(OC[C@H]2CC[C@H](C(=O)NCCCNC[C@H](O)c3ccc(O)c4[nH]c(=O)ccc34)CC2)c1. The minimum atomic E-state index is -1.10. The van der Waals surface area contributed by atoms with Gasteiger partial charge in [-0.1, -0.05) is 48.5 Å². The molecule has 2 atom stereocenters. The Morgan fingerprint density at radius 3 is 2.45 bits per heavy atom. The van der Waals surface area contributed by atoms with Crippen LogP contribution in [-0.2, 0) is 4.79 Å². The van der Waals surface area contributed by atoms with Crippen LogP contribution in [0.5, 0.6) is 11.5 Å². The summed E-state index contributed by atoms with van der Waals surface area (Å²) in [4.78, 5) is 38.5. The molecule has 0 aliphatic heterocycles. The zero-order valence-electron chi connectivity index (χ0n) is 26.2. The first-order chi connectivity index (χ1) is 22.8.